The van der Waals surface area contributed by atoms with Gasteiger partial charge in [-0.25, -0.2) is 0 Å². The first-order valence-corrected chi connectivity index (χ1v) is 8.83. The van der Waals surface area contributed by atoms with Crippen LogP contribution in [0.4, 0.5) is 0 Å². The summed E-state index contributed by atoms with van der Waals surface area (Å²) in [6.45, 7) is 1.61. The van der Waals surface area contributed by atoms with Gasteiger partial charge in [0.05, 0.1) is 0 Å². The van der Waals surface area contributed by atoms with Gasteiger partial charge in [0.25, 0.3) is 5.91 Å². The number of carbonyl (C=O) groups is 1. The zero-order valence-electron chi connectivity index (χ0n) is 14.1. The summed E-state index contributed by atoms with van der Waals surface area (Å²) in [7, 11) is 0. The predicted octanol–water partition coefficient (Wildman–Crippen LogP) is 3.72. The maximum atomic E-state index is 12.7. The quantitative estimate of drug-likeness (QED) is 0.735. The molecule has 0 aliphatic carbocycles. The monoisotopic (exact) mass is 331 g/mol. The summed E-state index contributed by atoms with van der Waals surface area (Å²) >= 11 is 0. The summed E-state index contributed by atoms with van der Waals surface area (Å²) in [5.41, 5.74) is 1.81. The Hall–Kier alpha value is -2.75. The van der Waals surface area contributed by atoms with Crippen LogP contribution in [-0.2, 0) is 6.42 Å². The van der Waals surface area contributed by atoms with E-state index in [1.807, 2.05) is 35.5 Å². The number of carbonyl (C=O) groups excluding carboxylic acids is 1. The lowest BCUT2D eigenvalue weighted by Gasteiger charge is -2.32. The number of aromatic nitrogens is 2. The second kappa shape index (κ2) is 7.01. The standard InChI is InChI=1S/C21H21N3O/c25-21(20-9-3-4-10-23-20)24-11-5-6-16(15-24)12-18-14-22-13-17-7-1-2-8-19(17)18/h1-4,7-10,13-14,16H,5-6,11-12,15H2/t16-/m0/s1. The van der Waals surface area contributed by atoms with Gasteiger partial charge >= 0.3 is 0 Å². The minimum Gasteiger partial charge on any atom is -0.337 e. The SMILES string of the molecule is O=C(c1ccccn1)N1CCC[C@@H](Cc2cncc3ccccc23)C1. The molecule has 0 N–H and O–H groups in total. The molecule has 4 nitrogen and oxygen atoms in total. The minimum atomic E-state index is 0.0429. The maximum absolute atomic E-state index is 12.7. The fraction of sp³-hybridized carbons (Fsp3) is 0.286. The van der Waals surface area contributed by atoms with Crippen molar-refractivity contribution in [1.82, 2.24) is 14.9 Å². The van der Waals surface area contributed by atoms with Gasteiger partial charge in [-0.15, -0.1) is 0 Å². The highest BCUT2D eigenvalue weighted by molar-refractivity contribution is 5.92. The Morgan fingerprint density at radius 1 is 1.12 bits per heavy atom. The van der Waals surface area contributed by atoms with Gasteiger partial charge < -0.3 is 4.90 Å². The van der Waals surface area contributed by atoms with Crippen LogP contribution in [0.15, 0.2) is 61.1 Å². The average molecular weight is 331 g/mol. The molecule has 1 fully saturated rings. The minimum absolute atomic E-state index is 0.0429. The lowest BCUT2D eigenvalue weighted by atomic mass is 9.90. The van der Waals surface area contributed by atoms with Crippen molar-refractivity contribution in [2.45, 2.75) is 19.3 Å². The maximum Gasteiger partial charge on any atom is 0.272 e. The van der Waals surface area contributed by atoms with Crippen molar-refractivity contribution in [2.24, 2.45) is 5.92 Å². The molecule has 0 saturated carbocycles. The van der Waals surface area contributed by atoms with Crippen LogP contribution in [0.5, 0.6) is 0 Å². The Balaban J connectivity index is 1.51. The molecule has 25 heavy (non-hydrogen) atoms. The number of pyridine rings is 2. The van der Waals surface area contributed by atoms with Gasteiger partial charge in [-0.3, -0.25) is 14.8 Å². The van der Waals surface area contributed by atoms with Crippen molar-refractivity contribution in [3.05, 3.63) is 72.3 Å². The zero-order valence-corrected chi connectivity index (χ0v) is 14.1. The second-order valence-electron chi connectivity index (χ2n) is 6.70. The lowest BCUT2D eigenvalue weighted by Crippen LogP contribution is -2.40. The highest BCUT2D eigenvalue weighted by Gasteiger charge is 2.25. The Morgan fingerprint density at radius 2 is 2.00 bits per heavy atom. The van der Waals surface area contributed by atoms with E-state index >= 15 is 0 Å². The highest BCUT2D eigenvalue weighted by Crippen LogP contribution is 2.25. The van der Waals surface area contributed by atoms with Crippen molar-refractivity contribution in [3.8, 4) is 0 Å². The number of hydrogen-bond donors (Lipinski definition) is 0. The topological polar surface area (TPSA) is 46.1 Å². The van der Waals surface area contributed by atoms with E-state index in [2.05, 4.69) is 28.2 Å². The number of amides is 1. The number of likely N-dealkylation sites (tertiary alicyclic amines) is 1. The molecule has 1 aliphatic heterocycles. The van der Waals surface area contributed by atoms with Gasteiger partial charge in [0.2, 0.25) is 0 Å². The predicted molar refractivity (Wildman–Crippen MR) is 98.3 cm³/mol. The van der Waals surface area contributed by atoms with Crippen molar-refractivity contribution in [3.63, 3.8) is 0 Å². The van der Waals surface area contributed by atoms with E-state index < -0.39 is 0 Å². The lowest BCUT2D eigenvalue weighted by molar-refractivity contribution is 0.0667. The molecule has 1 amide bonds. The zero-order chi connectivity index (χ0) is 17.1. The van der Waals surface area contributed by atoms with E-state index in [-0.39, 0.29) is 5.91 Å². The number of benzene rings is 1. The fourth-order valence-corrected chi connectivity index (χ4v) is 3.72. The van der Waals surface area contributed by atoms with Crippen molar-refractivity contribution in [1.29, 1.82) is 0 Å². The largest absolute Gasteiger partial charge is 0.337 e. The summed E-state index contributed by atoms with van der Waals surface area (Å²) in [5.74, 6) is 0.510. The molecule has 0 spiro atoms. The molecule has 4 heteroatoms. The van der Waals surface area contributed by atoms with E-state index in [9.17, 15) is 4.79 Å². The molecule has 0 radical (unpaired) electrons. The van der Waals surface area contributed by atoms with Crippen molar-refractivity contribution >= 4 is 16.7 Å². The summed E-state index contributed by atoms with van der Waals surface area (Å²) in [5, 5.41) is 2.45. The van der Waals surface area contributed by atoms with Gasteiger partial charge in [0.15, 0.2) is 0 Å². The first-order valence-electron chi connectivity index (χ1n) is 8.83. The molecule has 0 unspecified atom stereocenters. The smallest absolute Gasteiger partial charge is 0.272 e. The first kappa shape index (κ1) is 15.8. The van der Waals surface area contributed by atoms with Gasteiger partial charge in [-0.2, -0.15) is 0 Å². The third-order valence-electron chi connectivity index (χ3n) is 4.95. The third kappa shape index (κ3) is 3.38. The van der Waals surface area contributed by atoms with Gasteiger partial charge in [-0.05, 0) is 48.3 Å². The molecule has 3 aromatic rings. The molecule has 0 bridgehead atoms. The molecule has 1 aliphatic rings. The van der Waals surface area contributed by atoms with Crippen molar-refractivity contribution in [2.75, 3.05) is 13.1 Å². The van der Waals surface area contributed by atoms with E-state index in [1.165, 1.54) is 16.3 Å². The van der Waals surface area contributed by atoms with Crippen LogP contribution >= 0.6 is 0 Å². The van der Waals surface area contributed by atoms with Crippen LogP contribution in [0.25, 0.3) is 10.8 Å². The van der Waals surface area contributed by atoms with Crippen molar-refractivity contribution < 1.29 is 4.79 Å². The number of nitrogens with zero attached hydrogens (tertiary/aromatic N) is 3. The number of piperidine rings is 1. The van der Waals surface area contributed by atoms with Gasteiger partial charge in [0, 0.05) is 37.1 Å². The van der Waals surface area contributed by atoms with Crippen LogP contribution in [0, 0.1) is 5.92 Å². The fourth-order valence-electron chi connectivity index (χ4n) is 3.72. The molecule has 126 valence electrons. The molecule has 2 aromatic heterocycles. The Bertz CT molecular complexity index is 873. The molecular weight excluding hydrogens is 310 g/mol. The number of fused-ring (bicyclic) bond motifs is 1. The van der Waals surface area contributed by atoms with E-state index in [0.717, 1.165) is 32.4 Å². The molecule has 1 atom stereocenters. The Labute approximate surface area is 147 Å². The van der Waals surface area contributed by atoms with Crippen LogP contribution in [0.1, 0.15) is 28.9 Å². The summed E-state index contributed by atoms with van der Waals surface area (Å²) < 4.78 is 0. The average Bonchev–Trinajstić information content (AvgIpc) is 2.69. The first-order chi connectivity index (χ1) is 12.3. The Kier molecular flexibility index (Phi) is 4.42. The van der Waals surface area contributed by atoms with Crippen LogP contribution in [0.3, 0.4) is 0 Å². The van der Waals surface area contributed by atoms with Crippen LogP contribution in [-0.4, -0.2) is 33.9 Å². The number of hydrogen-bond acceptors (Lipinski definition) is 3. The van der Waals surface area contributed by atoms with Gasteiger partial charge in [-0.1, -0.05) is 30.3 Å². The highest BCUT2D eigenvalue weighted by atomic mass is 16.2. The second-order valence-corrected chi connectivity index (χ2v) is 6.70. The molecule has 1 saturated heterocycles. The van der Waals surface area contributed by atoms with Crippen LogP contribution in [0.2, 0.25) is 0 Å². The third-order valence-corrected chi connectivity index (χ3v) is 4.95. The normalized spacial score (nSPS) is 17.6. The molecule has 1 aromatic carbocycles. The molecule has 3 heterocycles. The summed E-state index contributed by atoms with van der Waals surface area (Å²) in [4.78, 5) is 23.2. The summed E-state index contributed by atoms with van der Waals surface area (Å²) in [6, 6.07) is 13.9. The Morgan fingerprint density at radius 3 is 2.88 bits per heavy atom. The van der Waals surface area contributed by atoms with E-state index in [4.69, 9.17) is 0 Å². The van der Waals surface area contributed by atoms with E-state index in [1.54, 1.807) is 12.3 Å². The summed E-state index contributed by atoms with van der Waals surface area (Å²) in [6.07, 6.45) is 8.71. The number of rotatable bonds is 3. The molecule has 4 rings (SSSR count). The van der Waals surface area contributed by atoms with Gasteiger partial charge in [0.1, 0.15) is 5.69 Å². The molecular formula is C21H21N3O. The van der Waals surface area contributed by atoms with Crippen LogP contribution < -0.4 is 0 Å². The van der Waals surface area contributed by atoms with E-state index in [0.29, 0.717) is 11.6 Å².